The van der Waals surface area contributed by atoms with Crippen LogP contribution in [0.5, 0.6) is 5.75 Å². The lowest BCUT2D eigenvalue weighted by atomic mass is 10.2. The Bertz CT molecular complexity index is 1170. The molecule has 0 saturated heterocycles. The minimum absolute atomic E-state index is 0.319. The zero-order valence-electron chi connectivity index (χ0n) is 17.1. The molecule has 0 unspecified atom stereocenters. The van der Waals surface area contributed by atoms with E-state index in [1.807, 2.05) is 44.2 Å². The lowest BCUT2D eigenvalue weighted by molar-refractivity contribution is -0.136. The maximum Gasteiger partial charge on any atom is 0.329 e. The summed E-state index contributed by atoms with van der Waals surface area (Å²) in [4.78, 5) is 24.1. The minimum atomic E-state index is -0.899. The average Bonchev–Trinajstić information content (AvgIpc) is 3.01. The van der Waals surface area contributed by atoms with E-state index in [0.29, 0.717) is 16.5 Å². The van der Waals surface area contributed by atoms with Crippen molar-refractivity contribution in [1.29, 1.82) is 0 Å². The number of methoxy groups -OCH3 is 1. The molecule has 1 aromatic heterocycles. The molecular formula is C22H20BrClN4O3. The quantitative estimate of drug-likeness (QED) is 0.303. The fourth-order valence-electron chi connectivity index (χ4n) is 3.07. The number of hydrogen-bond donors (Lipinski definition) is 2. The molecule has 2 N–H and O–H groups in total. The zero-order chi connectivity index (χ0) is 22.5. The number of amides is 2. The van der Waals surface area contributed by atoms with Gasteiger partial charge in [-0.3, -0.25) is 9.59 Å². The first-order valence-electron chi connectivity index (χ1n) is 9.23. The number of halogens is 2. The van der Waals surface area contributed by atoms with Gasteiger partial charge in [-0.2, -0.15) is 5.10 Å². The molecule has 3 rings (SSSR count). The van der Waals surface area contributed by atoms with Gasteiger partial charge in [0.2, 0.25) is 0 Å². The summed E-state index contributed by atoms with van der Waals surface area (Å²) < 4.78 is 8.11. The van der Waals surface area contributed by atoms with Crippen molar-refractivity contribution in [3.63, 3.8) is 0 Å². The molecule has 0 bridgehead atoms. The maximum absolute atomic E-state index is 12.1. The van der Waals surface area contributed by atoms with Crippen molar-refractivity contribution in [2.75, 3.05) is 12.4 Å². The molecule has 0 fully saturated rings. The summed E-state index contributed by atoms with van der Waals surface area (Å²) >= 11 is 9.50. The predicted molar refractivity (Wildman–Crippen MR) is 125 cm³/mol. The normalized spacial score (nSPS) is 10.9. The molecule has 1 heterocycles. The minimum Gasteiger partial charge on any atom is -0.495 e. The van der Waals surface area contributed by atoms with Crippen molar-refractivity contribution in [3.05, 3.63) is 75.0 Å². The number of nitrogens with zero attached hydrogens (tertiary/aromatic N) is 2. The molecule has 9 heteroatoms. The van der Waals surface area contributed by atoms with Crippen LogP contribution in [-0.4, -0.2) is 29.7 Å². The van der Waals surface area contributed by atoms with Crippen molar-refractivity contribution in [2.24, 2.45) is 5.10 Å². The van der Waals surface area contributed by atoms with Gasteiger partial charge in [0.1, 0.15) is 5.75 Å². The summed E-state index contributed by atoms with van der Waals surface area (Å²) in [5.41, 5.74) is 6.39. The van der Waals surface area contributed by atoms with Crippen molar-refractivity contribution in [1.82, 2.24) is 9.99 Å². The lowest BCUT2D eigenvalue weighted by Crippen LogP contribution is -2.32. The smallest absolute Gasteiger partial charge is 0.329 e. The highest BCUT2D eigenvalue weighted by molar-refractivity contribution is 9.10. The lowest BCUT2D eigenvalue weighted by Gasteiger charge is -2.09. The molecule has 0 aliphatic carbocycles. The molecule has 2 amide bonds. The van der Waals surface area contributed by atoms with Gasteiger partial charge in [0.15, 0.2) is 0 Å². The average molecular weight is 504 g/mol. The van der Waals surface area contributed by atoms with E-state index in [-0.39, 0.29) is 0 Å². The maximum atomic E-state index is 12.1. The Hall–Kier alpha value is -3.10. The van der Waals surface area contributed by atoms with E-state index in [4.69, 9.17) is 16.3 Å². The van der Waals surface area contributed by atoms with E-state index >= 15 is 0 Å². The number of rotatable bonds is 5. The first-order valence-corrected chi connectivity index (χ1v) is 10.4. The highest BCUT2D eigenvalue weighted by Gasteiger charge is 2.14. The monoisotopic (exact) mass is 502 g/mol. The number of aromatic nitrogens is 1. The fourth-order valence-corrected chi connectivity index (χ4v) is 3.72. The first-order chi connectivity index (χ1) is 14.8. The Balaban J connectivity index is 1.66. The molecule has 0 spiro atoms. The second-order valence-electron chi connectivity index (χ2n) is 6.64. The highest BCUT2D eigenvalue weighted by atomic mass is 79.9. The Morgan fingerprint density at radius 1 is 1.13 bits per heavy atom. The summed E-state index contributed by atoms with van der Waals surface area (Å²) in [7, 11) is 1.49. The van der Waals surface area contributed by atoms with E-state index in [9.17, 15) is 9.59 Å². The summed E-state index contributed by atoms with van der Waals surface area (Å²) in [6, 6.07) is 14.5. The molecule has 0 aliphatic rings. The number of ether oxygens (including phenoxy) is 1. The van der Waals surface area contributed by atoms with Crippen LogP contribution in [0.4, 0.5) is 5.69 Å². The third-order valence-corrected chi connectivity index (χ3v) is 5.31. The van der Waals surface area contributed by atoms with Crippen molar-refractivity contribution in [2.45, 2.75) is 13.8 Å². The number of benzene rings is 2. The summed E-state index contributed by atoms with van der Waals surface area (Å²) in [5.74, 6) is -1.30. The van der Waals surface area contributed by atoms with Crippen molar-refractivity contribution < 1.29 is 14.3 Å². The van der Waals surface area contributed by atoms with Gasteiger partial charge in [-0.15, -0.1) is 0 Å². The fraction of sp³-hybridized carbons (Fsp3) is 0.136. The Kier molecular flexibility index (Phi) is 7.14. The van der Waals surface area contributed by atoms with Gasteiger partial charge >= 0.3 is 11.8 Å². The molecule has 0 saturated carbocycles. The number of anilines is 1. The second kappa shape index (κ2) is 9.80. The molecule has 31 heavy (non-hydrogen) atoms. The van der Waals surface area contributed by atoms with Crippen LogP contribution < -0.4 is 15.5 Å². The highest BCUT2D eigenvalue weighted by Crippen LogP contribution is 2.27. The van der Waals surface area contributed by atoms with Gasteiger partial charge < -0.3 is 14.6 Å². The number of carbonyl (C=O) groups excluding carboxylic acids is 2. The number of hydrazone groups is 1. The topological polar surface area (TPSA) is 84.7 Å². The van der Waals surface area contributed by atoms with Crippen molar-refractivity contribution in [3.8, 4) is 11.4 Å². The largest absolute Gasteiger partial charge is 0.495 e. The van der Waals surface area contributed by atoms with Crippen LogP contribution in [-0.2, 0) is 9.59 Å². The Morgan fingerprint density at radius 2 is 1.90 bits per heavy atom. The summed E-state index contributed by atoms with van der Waals surface area (Å²) in [6.45, 7) is 3.94. The standard InChI is InChI=1S/C22H20BrClN4O3/c1-13-9-15(14(2)28(13)18-6-4-5-16(23)10-18)12-25-27-22(30)21(29)26-17-7-8-20(31-3)19(24)11-17/h4-12H,1-3H3,(H,26,29)(H,27,30)/b25-12-. The van der Waals surface area contributed by atoms with E-state index in [2.05, 4.69) is 36.3 Å². The second-order valence-corrected chi connectivity index (χ2v) is 7.97. The molecule has 3 aromatic rings. The van der Waals surface area contributed by atoms with Crippen LogP contribution in [0.3, 0.4) is 0 Å². The number of carbonyl (C=O) groups is 2. The molecule has 160 valence electrons. The predicted octanol–water partition coefficient (Wildman–Crippen LogP) is 4.61. The van der Waals surface area contributed by atoms with Crippen LogP contribution in [0.25, 0.3) is 5.69 Å². The molecule has 0 radical (unpaired) electrons. The number of nitrogens with one attached hydrogen (secondary N) is 2. The van der Waals surface area contributed by atoms with Gasteiger partial charge in [-0.05, 0) is 56.3 Å². The third-order valence-electron chi connectivity index (χ3n) is 4.52. The van der Waals surface area contributed by atoms with Crippen LogP contribution in [0.2, 0.25) is 5.02 Å². The molecule has 0 atom stereocenters. The Labute approximate surface area is 193 Å². The zero-order valence-corrected chi connectivity index (χ0v) is 19.4. The van der Waals surface area contributed by atoms with Gasteiger partial charge in [0, 0.05) is 32.8 Å². The molecular weight excluding hydrogens is 484 g/mol. The SMILES string of the molecule is COc1ccc(NC(=O)C(=O)N/N=C\c2cc(C)n(-c3cccc(Br)c3)c2C)cc1Cl. The van der Waals surface area contributed by atoms with E-state index < -0.39 is 11.8 Å². The van der Waals surface area contributed by atoms with Crippen molar-refractivity contribution >= 4 is 51.2 Å². The Morgan fingerprint density at radius 3 is 2.58 bits per heavy atom. The van der Waals surface area contributed by atoms with Gasteiger partial charge in [0.05, 0.1) is 18.3 Å². The van der Waals surface area contributed by atoms with Crippen LogP contribution in [0.15, 0.2) is 58.1 Å². The molecule has 7 nitrogen and oxygen atoms in total. The summed E-state index contributed by atoms with van der Waals surface area (Å²) in [5, 5.41) is 6.70. The van der Waals surface area contributed by atoms with E-state index in [1.54, 1.807) is 12.1 Å². The van der Waals surface area contributed by atoms with Gasteiger partial charge in [-0.1, -0.05) is 33.6 Å². The van der Waals surface area contributed by atoms with E-state index in [0.717, 1.165) is 27.1 Å². The number of aryl methyl sites for hydroxylation is 1. The van der Waals surface area contributed by atoms with Crippen LogP contribution in [0, 0.1) is 13.8 Å². The first kappa shape index (κ1) is 22.6. The number of hydrogen-bond acceptors (Lipinski definition) is 4. The van der Waals surface area contributed by atoms with Gasteiger partial charge in [-0.25, -0.2) is 5.43 Å². The van der Waals surface area contributed by atoms with Crippen LogP contribution in [0.1, 0.15) is 17.0 Å². The van der Waals surface area contributed by atoms with Gasteiger partial charge in [0.25, 0.3) is 0 Å². The van der Waals surface area contributed by atoms with Crippen LogP contribution >= 0.6 is 27.5 Å². The molecule has 0 aliphatic heterocycles. The third kappa shape index (κ3) is 5.34. The molecule has 2 aromatic carbocycles. The summed E-state index contributed by atoms with van der Waals surface area (Å²) in [6.07, 6.45) is 1.51. The van der Waals surface area contributed by atoms with E-state index in [1.165, 1.54) is 19.4 Å².